The number of hydrogen-bond acceptors (Lipinski definition) is 0. The van der Waals surface area contributed by atoms with Crippen LogP contribution < -0.4 is 0 Å². The van der Waals surface area contributed by atoms with Gasteiger partial charge in [0.05, 0.1) is 0 Å². The van der Waals surface area contributed by atoms with Crippen molar-refractivity contribution in [3.05, 3.63) is 41.0 Å². The topological polar surface area (TPSA) is 0 Å². The summed E-state index contributed by atoms with van der Waals surface area (Å²) in [7, 11) is 0. The summed E-state index contributed by atoms with van der Waals surface area (Å²) in [6, 6.07) is 0. The minimum absolute atomic E-state index is 0.565. The zero-order chi connectivity index (χ0) is 13.8. The fraction of sp³-hybridized carbons (Fsp3) is 0.556. The van der Waals surface area contributed by atoms with Crippen LogP contribution in [0.5, 0.6) is 0 Å². The van der Waals surface area contributed by atoms with Crippen molar-refractivity contribution in [1.82, 2.24) is 0 Å². The Balaban J connectivity index is 2.16. The predicted octanol–water partition coefficient (Wildman–Crippen LogP) is 5.88. The molecular weight excluding hydrogens is 307 g/mol. The molecule has 0 spiro atoms. The molecule has 0 aromatic heterocycles. The van der Waals surface area contributed by atoms with E-state index in [1.165, 1.54) is 38.5 Å². The molecule has 0 bridgehead atoms. The van der Waals surface area contributed by atoms with Gasteiger partial charge in [-0.05, 0) is 0 Å². The third kappa shape index (κ3) is 3.49. The Kier molecular flexibility index (Phi) is 5.63. The van der Waals surface area contributed by atoms with Gasteiger partial charge in [-0.3, -0.25) is 0 Å². The van der Waals surface area contributed by atoms with Crippen LogP contribution in [0.25, 0.3) is 0 Å². The summed E-state index contributed by atoms with van der Waals surface area (Å²) in [4.78, 5) is 0. The summed E-state index contributed by atoms with van der Waals surface area (Å²) < 4.78 is 3.65. The first kappa shape index (κ1) is 15.2. The minimum atomic E-state index is -0.565. The van der Waals surface area contributed by atoms with Gasteiger partial charge in [0.1, 0.15) is 0 Å². The van der Waals surface area contributed by atoms with Gasteiger partial charge >= 0.3 is 130 Å². The maximum absolute atomic E-state index is 2.50. The third-order valence-corrected chi connectivity index (χ3v) is 9.00. The molecule has 102 valence electrons. The molecule has 0 atom stereocenters. The molecule has 0 aromatic carbocycles. The van der Waals surface area contributed by atoms with Crippen molar-refractivity contribution in [2.45, 2.75) is 66.2 Å². The Hall–Kier alpha value is -0.157. The van der Waals surface area contributed by atoms with Crippen LogP contribution in [0.15, 0.2) is 41.0 Å². The third-order valence-electron chi connectivity index (χ3n) is 4.09. The van der Waals surface area contributed by atoms with Crippen LogP contribution in [0.3, 0.4) is 0 Å². The van der Waals surface area contributed by atoms with Gasteiger partial charge in [-0.1, -0.05) is 0 Å². The number of rotatable bonds is 6. The van der Waals surface area contributed by atoms with E-state index in [1.54, 1.807) is 22.3 Å². The van der Waals surface area contributed by atoms with Crippen LogP contribution in [-0.4, -0.2) is 0 Å². The van der Waals surface area contributed by atoms with E-state index in [4.69, 9.17) is 0 Å². The maximum atomic E-state index is 2.50. The van der Waals surface area contributed by atoms with E-state index in [1.807, 2.05) is 6.56 Å². The zero-order valence-electron chi connectivity index (χ0n) is 12.9. The van der Waals surface area contributed by atoms with E-state index < -0.39 is 23.2 Å². The van der Waals surface area contributed by atoms with Gasteiger partial charge in [-0.2, -0.15) is 0 Å². The molecule has 0 amide bonds. The van der Waals surface area contributed by atoms with Gasteiger partial charge in [-0.15, -0.1) is 0 Å². The molecule has 0 fully saturated rings. The first-order chi connectivity index (χ1) is 9.17. The standard InChI is InChI=1S/2C9H13.Zr/c2*1-3-4-9-6-5-8(2)7-9;/h2*6H,3-5H2,1-2H3;. The van der Waals surface area contributed by atoms with Crippen LogP contribution in [0.4, 0.5) is 0 Å². The average Bonchev–Trinajstić information content (AvgIpc) is 2.90. The van der Waals surface area contributed by atoms with Crippen LogP contribution in [0, 0.1) is 0 Å². The fourth-order valence-corrected chi connectivity index (χ4v) is 7.07. The van der Waals surface area contributed by atoms with Crippen LogP contribution >= 0.6 is 0 Å². The summed E-state index contributed by atoms with van der Waals surface area (Å²) in [6.07, 6.45) is 12.6. The summed E-state index contributed by atoms with van der Waals surface area (Å²) in [5.74, 6) is 0. The molecule has 2 aliphatic rings. The van der Waals surface area contributed by atoms with Gasteiger partial charge in [0.2, 0.25) is 0 Å². The van der Waals surface area contributed by atoms with Crippen LogP contribution in [0.1, 0.15) is 66.2 Å². The Labute approximate surface area is 130 Å². The number of hydrogen-bond donors (Lipinski definition) is 0. The van der Waals surface area contributed by atoms with Crippen molar-refractivity contribution in [2.75, 3.05) is 0 Å². The van der Waals surface area contributed by atoms with Crippen LogP contribution in [-0.2, 0) is 23.2 Å². The van der Waals surface area contributed by atoms with Gasteiger partial charge in [0.25, 0.3) is 0 Å². The van der Waals surface area contributed by atoms with Crippen molar-refractivity contribution in [2.24, 2.45) is 0 Å². The van der Waals surface area contributed by atoms with Crippen molar-refractivity contribution in [3.63, 3.8) is 0 Å². The summed E-state index contributed by atoms with van der Waals surface area (Å²) in [5.41, 5.74) is 6.76. The van der Waals surface area contributed by atoms with Gasteiger partial charge in [0.15, 0.2) is 0 Å². The summed E-state index contributed by atoms with van der Waals surface area (Å²) in [6.45, 7) is 9.34. The van der Waals surface area contributed by atoms with Gasteiger partial charge < -0.3 is 0 Å². The van der Waals surface area contributed by atoms with E-state index >= 15 is 0 Å². The second kappa shape index (κ2) is 7.03. The molecule has 0 unspecified atom stereocenters. The molecule has 19 heavy (non-hydrogen) atoms. The summed E-state index contributed by atoms with van der Waals surface area (Å²) >= 11 is -0.565. The molecular formula is C18H26Zr. The second-order valence-corrected chi connectivity index (χ2v) is 8.88. The van der Waals surface area contributed by atoms with E-state index in [9.17, 15) is 0 Å². The molecule has 2 aliphatic carbocycles. The van der Waals surface area contributed by atoms with Gasteiger partial charge in [0, 0.05) is 0 Å². The second-order valence-electron chi connectivity index (χ2n) is 5.80. The zero-order valence-corrected chi connectivity index (χ0v) is 15.4. The fourth-order valence-electron chi connectivity index (χ4n) is 3.00. The normalized spacial score (nSPS) is 19.2. The Morgan fingerprint density at radius 1 is 0.842 bits per heavy atom. The predicted molar refractivity (Wildman–Crippen MR) is 80.6 cm³/mol. The first-order valence-electron chi connectivity index (χ1n) is 7.72. The summed E-state index contributed by atoms with van der Waals surface area (Å²) in [5, 5.41) is 0. The van der Waals surface area contributed by atoms with E-state index in [0.29, 0.717) is 0 Å². The van der Waals surface area contributed by atoms with Gasteiger partial charge in [-0.25, -0.2) is 0 Å². The quantitative estimate of drug-likeness (QED) is 0.569. The molecule has 2 rings (SSSR count). The molecule has 0 nitrogen and oxygen atoms in total. The van der Waals surface area contributed by atoms with Crippen molar-refractivity contribution < 1.29 is 23.2 Å². The Bertz CT molecular complexity index is 428. The van der Waals surface area contributed by atoms with Crippen molar-refractivity contribution in [1.29, 1.82) is 0 Å². The molecule has 0 aromatic rings. The molecule has 0 N–H and O–H groups in total. The molecule has 0 aliphatic heterocycles. The average molecular weight is 334 g/mol. The van der Waals surface area contributed by atoms with E-state index in [0.717, 1.165) is 0 Å². The monoisotopic (exact) mass is 332 g/mol. The molecule has 1 heteroatoms. The Morgan fingerprint density at radius 2 is 1.26 bits per heavy atom. The van der Waals surface area contributed by atoms with Crippen molar-refractivity contribution >= 4 is 0 Å². The molecule has 0 saturated carbocycles. The molecule has 0 heterocycles. The SMILES string of the molecule is CCCC1=CCC(C)=[C]1[Zr][C]1=C(C)CC=C1CCC. The van der Waals surface area contributed by atoms with E-state index in [-0.39, 0.29) is 0 Å². The number of allylic oxidation sites excluding steroid dienone is 8. The molecule has 0 radical (unpaired) electrons. The Morgan fingerprint density at radius 3 is 1.63 bits per heavy atom. The van der Waals surface area contributed by atoms with Crippen molar-refractivity contribution in [3.8, 4) is 0 Å². The first-order valence-corrected chi connectivity index (χ1v) is 10.2. The van der Waals surface area contributed by atoms with E-state index in [2.05, 4.69) is 39.8 Å². The van der Waals surface area contributed by atoms with Crippen LogP contribution in [0.2, 0.25) is 0 Å². The molecule has 0 saturated heterocycles.